The van der Waals surface area contributed by atoms with Gasteiger partial charge in [-0.1, -0.05) is 6.07 Å². The summed E-state index contributed by atoms with van der Waals surface area (Å²) in [6.45, 7) is 0. The van der Waals surface area contributed by atoms with Gasteiger partial charge in [-0.25, -0.2) is 9.18 Å². The highest BCUT2D eigenvalue weighted by molar-refractivity contribution is 7.98. The fraction of sp³-hybridized carbons (Fsp3) is 0.222. The van der Waals surface area contributed by atoms with Crippen LogP contribution in [-0.2, 0) is 4.74 Å². The molecular weight excluding hydrogens is 205 g/mol. The summed E-state index contributed by atoms with van der Waals surface area (Å²) in [6, 6.07) is 4.59. The molecule has 3 nitrogen and oxygen atoms in total. The molecule has 0 atom stereocenters. The lowest BCUT2D eigenvalue weighted by atomic mass is 10.3. The van der Waals surface area contributed by atoms with Gasteiger partial charge in [0.15, 0.2) is 0 Å². The molecule has 0 aliphatic carbocycles. The molecule has 1 rings (SSSR count). The quantitative estimate of drug-likeness (QED) is 0.771. The first-order valence-corrected chi connectivity index (χ1v) is 5.09. The fourth-order valence-corrected chi connectivity index (χ4v) is 1.52. The van der Waals surface area contributed by atoms with Gasteiger partial charge in [-0.15, -0.1) is 11.8 Å². The molecule has 0 bridgehead atoms. The van der Waals surface area contributed by atoms with E-state index >= 15 is 0 Å². The second kappa shape index (κ2) is 4.85. The number of methoxy groups -OCH3 is 1. The molecule has 0 aromatic heterocycles. The Kier molecular flexibility index (Phi) is 3.76. The first kappa shape index (κ1) is 10.8. The van der Waals surface area contributed by atoms with Gasteiger partial charge >= 0.3 is 6.09 Å². The minimum Gasteiger partial charge on any atom is -0.453 e. The molecule has 1 N–H and O–H groups in total. The van der Waals surface area contributed by atoms with E-state index in [-0.39, 0.29) is 5.69 Å². The molecule has 0 saturated heterocycles. The van der Waals surface area contributed by atoms with E-state index in [2.05, 4.69) is 10.1 Å². The molecule has 0 heterocycles. The number of thioether (sulfide) groups is 1. The van der Waals surface area contributed by atoms with Crippen LogP contribution in [0.15, 0.2) is 23.1 Å². The highest BCUT2D eigenvalue weighted by Gasteiger charge is 2.10. The van der Waals surface area contributed by atoms with Crippen LogP contribution in [0, 0.1) is 5.82 Å². The summed E-state index contributed by atoms with van der Waals surface area (Å²) >= 11 is 1.35. The van der Waals surface area contributed by atoms with Gasteiger partial charge in [0.25, 0.3) is 0 Å². The number of carbonyl (C=O) groups is 1. The molecule has 0 aliphatic heterocycles. The summed E-state index contributed by atoms with van der Waals surface area (Å²) < 4.78 is 17.6. The molecule has 0 aliphatic rings. The van der Waals surface area contributed by atoms with Gasteiger partial charge in [0.1, 0.15) is 5.82 Å². The fourth-order valence-electron chi connectivity index (χ4n) is 0.949. The first-order chi connectivity index (χ1) is 6.69. The lowest BCUT2D eigenvalue weighted by Gasteiger charge is -2.08. The van der Waals surface area contributed by atoms with Crippen molar-refractivity contribution in [1.29, 1.82) is 0 Å². The van der Waals surface area contributed by atoms with Crippen molar-refractivity contribution in [2.24, 2.45) is 0 Å². The molecule has 0 fully saturated rings. The lowest BCUT2D eigenvalue weighted by Crippen LogP contribution is -2.12. The number of carbonyl (C=O) groups excluding carboxylic acids is 1. The van der Waals surface area contributed by atoms with Crippen molar-refractivity contribution < 1.29 is 13.9 Å². The Morgan fingerprint density at radius 2 is 2.29 bits per heavy atom. The molecule has 1 amide bonds. The first-order valence-electron chi connectivity index (χ1n) is 3.86. The summed E-state index contributed by atoms with van der Waals surface area (Å²) in [7, 11) is 1.23. The van der Waals surface area contributed by atoms with Crippen LogP contribution < -0.4 is 5.32 Å². The van der Waals surface area contributed by atoms with E-state index in [0.717, 1.165) is 0 Å². The number of nitrogens with one attached hydrogen (secondary N) is 1. The molecule has 1 aromatic rings. The normalized spacial score (nSPS) is 9.64. The number of benzene rings is 1. The smallest absolute Gasteiger partial charge is 0.411 e. The van der Waals surface area contributed by atoms with Crippen LogP contribution in [0.4, 0.5) is 14.9 Å². The largest absolute Gasteiger partial charge is 0.453 e. The van der Waals surface area contributed by atoms with Gasteiger partial charge in [-0.3, -0.25) is 5.32 Å². The maximum Gasteiger partial charge on any atom is 0.411 e. The summed E-state index contributed by atoms with van der Waals surface area (Å²) in [4.78, 5) is 11.6. The Morgan fingerprint density at radius 3 is 2.86 bits per heavy atom. The zero-order chi connectivity index (χ0) is 10.6. The van der Waals surface area contributed by atoms with Crippen molar-refractivity contribution in [1.82, 2.24) is 0 Å². The highest BCUT2D eigenvalue weighted by Crippen LogP contribution is 2.27. The Morgan fingerprint density at radius 1 is 1.57 bits per heavy atom. The standard InChI is InChI=1S/C9H10FNO2S/c1-13-9(12)11-8-6(10)4-3-5-7(8)14-2/h3-5H,1-2H3,(H,11,12). The molecule has 76 valence electrons. The van der Waals surface area contributed by atoms with Gasteiger partial charge in [0, 0.05) is 4.90 Å². The van der Waals surface area contributed by atoms with E-state index in [0.29, 0.717) is 4.90 Å². The SMILES string of the molecule is COC(=O)Nc1c(F)cccc1SC. The van der Waals surface area contributed by atoms with Crippen molar-refractivity contribution in [2.75, 3.05) is 18.7 Å². The van der Waals surface area contributed by atoms with Gasteiger partial charge in [0.05, 0.1) is 12.8 Å². The number of anilines is 1. The second-order valence-corrected chi connectivity index (χ2v) is 3.28. The number of halogens is 1. The molecule has 5 heteroatoms. The Bertz CT molecular complexity index is 344. The third-order valence-corrected chi connectivity index (χ3v) is 2.39. The van der Waals surface area contributed by atoms with Crippen LogP contribution in [0.1, 0.15) is 0 Å². The summed E-state index contributed by atoms with van der Waals surface area (Å²) in [6.07, 6.45) is 1.13. The Hall–Kier alpha value is -1.23. The monoisotopic (exact) mass is 215 g/mol. The van der Waals surface area contributed by atoms with E-state index in [4.69, 9.17) is 0 Å². The summed E-state index contributed by atoms with van der Waals surface area (Å²) in [5.74, 6) is -0.470. The average molecular weight is 215 g/mol. The topological polar surface area (TPSA) is 38.3 Å². The van der Waals surface area contributed by atoms with Crippen molar-refractivity contribution in [3.8, 4) is 0 Å². The number of para-hydroxylation sites is 1. The number of ether oxygens (including phenoxy) is 1. The number of hydrogen-bond acceptors (Lipinski definition) is 3. The van der Waals surface area contributed by atoms with Crippen LogP contribution >= 0.6 is 11.8 Å². The van der Waals surface area contributed by atoms with Crippen molar-refractivity contribution in [3.63, 3.8) is 0 Å². The predicted molar refractivity (Wildman–Crippen MR) is 54.2 cm³/mol. The third kappa shape index (κ3) is 2.38. The van der Waals surface area contributed by atoms with Gasteiger partial charge in [0.2, 0.25) is 0 Å². The molecule has 1 aromatic carbocycles. The molecule has 0 unspecified atom stereocenters. The van der Waals surface area contributed by atoms with Crippen LogP contribution in [0.2, 0.25) is 0 Å². The minimum atomic E-state index is -0.676. The summed E-state index contributed by atoms with van der Waals surface area (Å²) in [5.41, 5.74) is 0.159. The predicted octanol–water partition coefficient (Wildman–Crippen LogP) is 2.73. The number of amides is 1. The van der Waals surface area contributed by atoms with Gasteiger partial charge in [-0.05, 0) is 18.4 Å². The minimum absolute atomic E-state index is 0.159. The maximum atomic E-state index is 13.3. The molecular formula is C9H10FNO2S. The summed E-state index contributed by atoms with van der Waals surface area (Å²) in [5, 5.41) is 2.32. The van der Waals surface area contributed by atoms with E-state index in [1.54, 1.807) is 18.4 Å². The second-order valence-electron chi connectivity index (χ2n) is 2.43. The van der Waals surface area contributed by atoms with E-state index in [9.17, 15) is 9.18 Å². The molecule has 14 heavy (non-hydrogen) atoms. The molecule has 0 radical (unpaired) electrons. The number of hydrogen-bond donors (Lipinski definition) is 1. The van der Waals surface area contributed by atoms with Crippen molar-refractivity contribution in [3.05, 3.63) is 24.0 Å². The van der Waals surface area contributed by atoms with Crippen LogP contribution in [0.5, 0.6) is 0 Å². The van der Waals surface area contributed by atoms with Gasteiger partial charge < -0.3 is 4.74 Å². The lowest BCUT2D eigenvalue weighted by molar-refractivity contribution is 0.186. The van der Waals surface area contributed by atoms with E-state index in [1.165, 1.54) is 24.9 Å². The molecule has 0 saturated carbocycles. The zero-order valence-electron chi connectivity index (χ0n) is 7.83. The zero-order valence-corrected chi connectivity index (χ0v) is 8.65. The third-order valence-electron chi connectivity index (χ3n) is 1.61. The average Bonchev–Trinajstić information content (AvgIpc) is 2.20. The van der Waals surface area contributed by atoms with Crippen LogP contribution in [0.3, 0.4) is 0 Å². The highest BCUT2D eigenvalue weighted by atomic mass is 32.2. The Labute approximate surface area is 85.6 Å². The van der Waals surface area contributed by atoms with E-state index in [1.807, 2.05) is 0 Å². The van der Waals surface area contributed by atoms with Crippen LogP contribution in [0.25, 0.3) is 0 Å². The van der Waals surface area contributed by atoms with Crippen molar-refractivity contribution in [2.45, 2.75) is 4.90 Å². The van der Waals surface area contributed by atoms with Crippen molar-refractivity contribution >= 4 is 23.5 Å². The molecule has 0 spiro atoms. The van der Waals surface area contributed by atoms with Crippen LogP contribution in [-0.4, -0.2) is 19.5 Å². The number of rotatable bonds is 2. The maximum absolute atomic E-state index is 13.3. The Balaban J connectivity index is 2.98. The van der Waals surface area contributed by atoms with Gasteiger partial charge in [-0.2, -0.15) is 0 Å². The van der Waals surface area contributed by atoms with E-state index < -0.39 is 11.9 Å².